The van der Waals surface area contributed by atoms with E-state index in [2.05, 4.69) is 16.0 Å². The largest absolute Gasteiger partial charge is 0.347 e. The molecular weight excluding hydrogens is 646 g/mol. The summed E-state index contributed by atoms with van der Waals surface area (Å²) < 4.78 is 112. The number of sulfone groups is 1. The van der Waals surface area contributed by atoms with Crippen LogP contribution in [0, 0.1) is 22.7 Å². The predicted octanol–water partition coefficient (Wildman–Crippen LogP) is 3.62. The molecule has 0 aromatic heterocycles. The maximum Gasteiger partial charge on any atom is 0.315 e. The van der Waals surface area contributed by atoms with Gasteiger partial charge in [-0.3, -0.25) is 19.2 Å². The van der Waals surface area contributed by atoms with Gasteiger partial charge in [0.2, 0.25) is 17.6 Å². The monoisotopic (exact) mass is 717 g/mol. The van der Waals surface area contributed by atoms with E-state index in [-0.39, 0.29) is 24.9 Å². The van der Waals surface area contributed by atoms with Crippen LogP contribution in [0.4, 0.5) is 4.79 Å². The van der Waals surface area contributed by atoms with Crippen molar-refractivity contribution in [2.75, 3.05) is 12.3 Å². The van der Waals surface area contributed by atoms with Gasteiger partial charge in [-0.15, -0.1) is 0 Å². The first-order chi connectivity index (χ1) is 26.3. The second-order valence-corrected chi connectivity index (χ2v) is 19.2. The van der Waals surface area contributed by atoms with Crippen molar-refractivity contribution in [3.8, 4) is 0 Å². The average molecular weight is 718 g/mol. The van der Waals surface area contributed by atoms with Gasteiger partial charge in [-0.05, 0) is 75.4 Å². The van der Waals surface area contributed by atoms with E-state index in [9.17, 15) is 32.4 Å². The highest BCUT2D eigenvalue weighted by Gasteiger charge is 2.70. The van der Waals surface area contributed by atoms with E-state index < -0.39 is 122 Å². The van der Waals surface area contributed by atoms with Crippen LogP contribution in [0.1, 0.15) is 140 Å². The smallest absolute Gasteiger partial charge is 0.315 e. The molecule has 3 saturated carbocycles. The Morgan fingerprint density at radius 1 is 0.959 bits per heavy atom. The number of piperidine rings is 1. The van der Waals surface area contributed by atoms with Gasteiger partial charge in [0.15, 0.2) is 9.84 Å². The molecule has 12 nitrogen and oxygen atoms in total. The molecule has 4 aliphatic rings. The van der Waals surface area contributed by atoms with Crippen LogP contribution in [-0.2, 0) is 29.0 Å². The normalized spacial score (nSPS) is 33.9. The molecule has 3 aliphatic carbocycles. The van der Waals surface area contributed by atoms with Crippen molar-refractivity contribution in [3.63, 3.8) is 0 Å². The number of rotatable bonds is 13. The number of Topliss-reactive ketones (excluding diaryl/α,β-unsaturated/α-hetero) is 1. The molecule has 278 valence electrons. The highest BCUT2D eigenvalue weighted by molar-refractivity contribution is 7.92. The third-order valence-corrected chi connectivity index (χ3v) is 12.8. The highest BCUT2D eigenvalue weighted by Crippen LogP contribution is 2.65. The Morgan fingerprint density at radius 3 is 2.10 bits per heavy atom. The van der Waals surface area contributed by atoms with Gasteiger partial charge >= 0.3 is 6.03 Å². The zero-order chi connectivity index (χ0) is 45.7. The van der Waals surface area contributed by atoms with Crippen molar-refractivity contribution < 1.29 is 46.1 Å². The summed E-state index contributed by atoms with van der Waals surface area (Å²) in [4.78, 5) is 70.4. The number of carbonyl (C=O) groups is 5. The number of hydrogen-bond donors (Lipinski definition) is 4. The quantitative estimate of drug-likeness (QED) is 0.211. The third-order valence-electron chi connectivity index (χ3n) is 10.1. The second kappa shape index (κ2) is 14.1. The van der Waals surface area contributed by atoms with Crippen molar-refractivity contribution in [3.05, 3.63) is 0 Å². The predicted molar refractivity (Wildman–Crippen MR) is 188 cm³/mol. The minimum Gasteiger partial charge on any atom is -0.347 e. The number of amides is 5. The lowest BCUT2D eigenvalue weighted by Gasteiger charge is -2.41. The van der Waals surface area contributed by atoms with Gasteiger partial charge in [0, 0.05) is 26.3 Å². The van der Waals surface area contributed by atoms with E-state index in [0.29, 0.717) is 12.8 Å². The molecule has 1 heterocycles. The fourth-order valence-corrected chi connectivity index (χ4v) is 7.80. The molecule has 5 atom stereocenters. The number of carbonyl (C=O) groups excluding carboxylic acids is 5. The van der Waals surface area contributed by atoms with Gasteiger partial charge in [0.05, 0.1) is 22.1 Å². The van der Waals surface area contributed by atoms with Crippen molar-refractivity contribution in [2.45, 2.75) is 161 Å². The summed E-state index contributed by atoms with van der Waals surface area (Å²) in [5.41, 5.74) is -5.30. The minimum atomic E-state index is -4.77. The van der Waals surface area contributed by atoms with Crippen LogP contribution in [0.15, 0.2) is 0 Å². The van der Waals surface area contributed by atoms with Crippen LogP contribution in [0.2, 0.25) is 0 Å². The number of hydrogen-bond acceptors (Lipinski definition) is 7. The zero-order valence-corrected chi connectivity index (χ0v) is 30.9. The summed E-state index contributed by atoms with van der Waals surface area (Å²) in [5, 5.41) is 9.67. The van der Waals surface area contributed by atoms with E-state index >= 15 is 0 Å². The molecule has 0 aromatic carbocycles. The summed E-state index contributed by atoms with van der Waals surface area (Å²) in [6.45, 7) is 13.9. The summed E-state index contributed by atoms with van der Waals surface area (Å²) in [6.07, 6.45) is -17.0. The van der Waals surface area contributed by atoms with Gasteiger partial charge in [-0.1, -0.05) is 73.5 Å². The van der Waals surface area contributed by atoms with Gasteiger partial charge < -0.3 is 26.2 Å². The minimum absolute atomic E-state index is 0.0363. The number of urea groups is 1. The molecule has 0 aromatic rings. The standard InChI is InChI=1S/C36H61N5O7S/c1-10-11-15-24(27(42)30(44)37-22-16-17-22)38-29(43)26-25-23(35(25,8)9)20-41(26)31(45)28(33(2,3)4)39-32(46)40-36(18-13-12-14-19-36)21-49(47,48)34(5,6)7/h22-26,28H,10-21H2,1-9H3,(H,37,44)(H,38,43)(H2,39,40,46)/t23-,24-,25-,26-,28+/m0/s1/i12D2,13D2,14D2,18D2,19D2. The lowest BCUT2D eigenvalue weighted by Crippen LogP contribution is -2.64. The Labute approximate surface area is 307 Å². The van der Waals surface area contributed by atoms with E-state index in [1.807, 2.05) is 26.1 Å². The van der Waals surface area contributed by atoms with Gasteiger partial charge in [-0.2, -0.15) is 0 Å². The van der Waals surface area contributed by atoms with Crippen LogP contribution in [0.25, 0.3) is 0 Å². The molecule has 4 N–H and O–H groups in total. The topological polar surface area (TPSA) is 171 Å². The highest BCUT2D eigenvalue weighted by atomic mass is 32.2. The van der Waals surface area contributed by atoms with Crippen molar-refractivity contribution >= 4 is 39.4 Å². The molecule has 0 radical (unpaired) electrons. The van der Waals surface area contributed by atoms with Crippen LogP contribution in [0.3, 0.4) is 0 Å². The van der Waals surface area contributed by atoms with Crippen molar-refractivity contribution in [1.29, 1.82) is 0 Å². The number of fused-ring (bicyclic) bond motifs is 1. The molecule has 0 bridgehead atoms. The zero-order valence-electron chi connectivity index (χ0n) is 40.1. The number of nitrogens with one attached hydrogen (secondary N) is 4. The van der Waals surface area contributed by atoms with Gasteiger partial charge in [0.1, 0.15) is 12.1 Å². The average Bonchev–Trinajstić information content (AvgIpc) is 3.93. The van der Waals surface area contributed by atoms with E-state index in [1.165, 1.54) is 46.4 Å². The molecule has 0 spiro atoms. The number of unbranched alkanes of at least 4 members (excludes halogenated alkanes) is 1. The first kappa shape index (κ1) is 27.0. The van der Waals surface area contributed by atoms with E-state index in [4.69, 9.17) is 13.7 Å². The maximum absolute atomic E-state index is 14.7. The lowest BCUT2D eigenvalue weighted by molar-refractivity contribution is -0.145. The molecule has 5 amide bonds. The van der Waals surface area contributed by atoms with Crippen LogP contribution in [-0.4, -0.2) is 89.6 Å². The Kier molecular flexibility index (Phi) is 7.80. The first-order valence-corrected chi connectivity index (χ1v) is 18.8. The third kappa shape index (κ3) is 8.79. The van der Waals surface area contributed by atoms with Crippen LogP contribution in [0.5, 0.6) is 0 Å². The maximum atomic E-state index is 14.7. The van der Waals surface area contributed by atoms with E-state index in [1.54, 1.807) is 0 Å². The fourth-order valence-electron chi connectivity index (χ4n) is 6.58. The Hall–Kier alpha value is -2.70. The molecule has 49 heavy (non-hydrogen) atoms. The van der Waals surface area contributed by atoms with Crippen LogP contribution >= 0.6 is 0 Å². The molecule has 0 unspecified atom stereocenters. The molecule has 13 heteroatoms. The van der Waals surface area contributed by atoms with E-state index in [0.717, 1.165) is 12.8 Å². The summed E-state index contributed by atoms with van der Waals surface area (Å²) in [7, 11) is -4.77. The summed E-state index contributed by atoms with van der Waals surface area (Å²) >= 11 is 0. The Bertz CT molecular complexity index is 1810. The number of likely N-dealkylation sites (tertiary alicyclic amines) is 1. The fraction of sp³-hybridized carbons (Fsp3) is 0.861. The lowest BCUT2D eigenvalue weighted by atomic mass is 9.83. The number of ketones is 1. The first-order valence-electron chi connectivity index (χ1n) is 22.1. The van der Waals surface area contributed by atoms with Gasteiger partial charge in [0.25, 0.3) is 5.91 Å². The molecular formula is C36H61N5O7S. The van der Waals surface area contributed by atoms with Gasteiger partial charge in [-0.25, -0.2) is 13.2 Å². The van der Waals surface area contributed by atoms with Crippen molar-refractivity contribution in [2.24, 2.45) is 22.7 Å². The summed E-state index contributed by atoms with van der Waals surface area (Å²) in [5.74, 6) is -5.47. The SMILES string of the molecule is [2H]C1([2H])C([2H])([2H])C([2H])([2H])C(CS(=O)(=O)C(C)(C)C)(NC(=O)N[C@H](C(=O)N2C[C@H]3[C@@H]([C@H]2C(=O)N[C@@H](CCCC)C(=O)C(=O)NC2CC2)C3(C)C)C(C)(C)C)C([2H])([2H])C1([2H])[2H]. The summed E-state index contributed by atoms with van der Waals surface area (Å²) in [6, 6.07) is -5.68. The Morgan fingerprint density at radius 2 is 1.57 bits per heavy atom. The molecule has 1 aliphatic heterocycles. The molecule has 4 rings (SSSR count). The molecule has 1 saturated heterocycles. The molecule has 4 fully saturated rings. The van der Waals surface area contributed by atoms with Crippen LogP contribution < -0.4 is 21.3 Å². The second-order valence-electron chi connectivity index (χ2n) is 16.5. The number of nitrogens with zero attached hydrogens (tertiary/aromatic N) is 1. The Balaban J connectivity index is 1.74. The van der Waals surface area contributed by atoms with Crippen molar-refractivity contribution in [1.82, 2.24) is 26.2 Å².